The number of rotatable bonds is 0. The molecule has 0 saturated carbocycles. The van der Waals surface area contributed by atoms with E-state index in [1.54, 1.807) is 0 Å². The van der Waals surface area contributed by atoms with E-state index in [1.165, 1.54) is 195 Å². The van der Waals surface area contributed by atoms with Gasteiger partial charge < -0.3 is 0 Å². The van der Waals surface area contributed by atoms with Crippen LogP contribution < -0.4 is 0 Å². The first-order valence-electron chi connectivity index (χ1n) is 37.2. The molecule has 0 atom stereocenters. The summed E-state index contributed by atoms with van der Waals surface area (Å²) >= 11 is 0. The Morgan fingerprint density at radius 3 is 0.636 bits per heavy atom. The SMILES string of the molecule is Cc1ccc2c(c1)Cc1cc(C)ccc1-2.c1cc2ccc3cccc4ccc(c1)c2c34.c1cc2cccc3c4cccc5cccc(c(c1)c23)c54.c1ccc2c(c1)c1ccccc1c1ccccc21.c1ccc2c(c1)ccc1ccccc12.c1ccc2cc3ccccc3cc2c1.c1ccc2ccccc2c1. The first-order chi connectivity index (χ1) is 52.9. The molecule has 0 spiro atoms. The van der Waals surface area contributed by atoms with E-state index in [4.69, 9.17) is 0 Å². The molecule has 0 heteroatoms. The normalized spacial score (nSPS) is 11.4. The van der Waals surface area contributed by atoms with Crippen LogP contribution in [0.25, 0.3) is 173 Å². The van der Waals surface area contributed by atoms with Gasteiger partial charge in [0.25, 0.3) is 0 Å². The zero-order chi connectivity index (χ0) is 71.6. The number of hydrogen-bond donors (Lipinski definition) is 0. The van der Waals surface area contributed by atoms with Crippen LogP contribution in [-0.4, -0.2) is 0 Å². The Bertz CT molecular complexity index is 6390. The van der Waals surface area contributed by atoms with Gasteiger partial charge in [-0.3, -0.25) is 0 Å². The molecule has 0 radical (unpaired) electrons. The third kappa shape index (κ3) is 12.9. The first kappa shape index (κ1) is 65.5. The van der Waals surface area contributed by atoms with E-state index in [0.29, 0.717) is 0 Å². The Kier molecular flexibility index (Phi) is 17.7. The molecule has 1 aliphatic rings. The average molecular weight is 1360 g/mol. The minimum absolute atomic E-state index is 1.11. The lowest BCUT2D eigenvalue weighted by atomic mass is 9.90. The van der Waals surface area contributed by atoms with E-state index in [9.17, 15) is 0 Å². The van der Waals surface area contributed by atoms with Gasteiger partial charge in [0.2, 0.25) is 0 Å². The monoisotopic (exact) mass is 1360 g/mol. The van der Waals surface area contributed by atoms with Crippen LogP contribution in [0.4, 0.5) is 0 Å². The van der Waals surface area contributed by atoms with E-state index in [2.05, 4.69) is 426 Å². The molecule has 24 rings (SSSR count). The Labute approximate surface area is 623 Å². The van der Waals surface area contributed by atoms with Crippen molar-refractivity contribution < 1.29 is 0 Å². The Hall–Kier alpha value is -13.5. The summed E-state index contributed by atoms with van der Waals surface area (Å²) in [6, 6.07) is 147. The number of benzene rings is 23. The Balaban J connectivity index is 0.0000000889. The molecular formula is C107H76. The molecule has 1 aliphatic carbocycles. The van der Waals surface area contributed by atoms with Crippen LogP contribution in [0.3, 0.4) is 0 Å². The summed E-state index contributed by atoms with van der Waals surface area (Å²) in [6.07, 6.45) is 1.11. The van der Waals surface area contributed by atoms with Crippen LogP contribution in [0.5, 0.6) is 0 Å². The van der Waals surface area contributed by atoms with Gasteiger partial charge in [-0.05, 0) is 216 Å². The first-order valence-corrected chi connectivity index (χ1v) is 37.2. The standard InChI is InChI=1S/C20H12.C18H12.C16H10.C15H14.2C14H10.C10H8/c1-5-13-6-2-11-17-18-12-4-8-14-7-3-10-16(20(14)18)15(9-1)19(13)17;1-2-8-14-13(7-1)15-9-3-4-11-17(15)18-12-6-5-10-16(14)18;1-3-11-7-9-13-5-2-6-14-10-8-12(4-1)15(11)16(13)14;1-10-3-5-14-12(7-10)9-13-8-11(2)4-6-15(13)14;1-3-7-13-11(5-1)9-10-12-6-2-4-8-14(12)13;1-2-6-12-10-14-8-4-3-7-13(14)9-11(12)5-1;1-2-6-10-8-4-3-7-9(10)5-1/h1-12H;1-12H;1-10H;3-8H,9H2,1-2H3;2*1-10H;1-8H. The van der Waals surface area contributed by atoms with Crippen LogP contribution in [-0.2, 0) is 6.42 Å². The van der Waals surface area contributed by atoms with E-state index >= 15 is 0 Å². The Morgan fingerprint density at radius 1 is 0.140 bits per heavy atom. The molecule has 23 aromatic rings. The van der Waals surface area contributed by atoms with Crippen molar-refractivity contribution in [1.82, 2.24) is 0 Å². The van der Waals surface area contributed by atoms with Gasteiger partial charge in [-0.15, -0.1) is 0 Å². The third-order valence-electron chi connectivity index (χ3n) is 21.6. The lowest BCUT2D eigenvalue weighted by Gasteiger charge is -2.13. The summed E-state index contributed by atoms with van der Waals surface area (Å²) in [6.45, 7) is 4.32. The second-order valence-electron chi connectivity index (χ2n) is 28.2. The Morgan fingerprint density at radius 2 is 0.346 bits per heavy atom. The third-order valence-corrected chi connectivity index (χ3v) is 21.6. The fourth-order valence-corrected chi connectivity index (χ4v) is 16.5. The lowest BCUT2D eigenvalue weighted by Crippen LogP contribution is -1.85. The molecule has 0 aliphatic heterocycles. The molecule has 0 fully saturated rings. The predicted molar refractivity (Wildman–Crippen MR) is 468 cm³/mol. The molecule has 0 unspecified atom stereocenters. The zero-order valence-electron chi connectivity index (χ0n) is 60.0. The largest absolute Gasteiger partial charge is 0.0616 e. The van der Waals surface area contributed by atoms with Gasteiger partial charge in [-0.1, -0.05) is 412 Å². The summed E-state index contributed by atoms with van der Waals surface area (Å²) in [5, 5.41) is 40.2. The van der Waals surface area contributed by atoms with Crippen molar-refractivity contribution in [2.24, 2.45) is 0 Å². The minimum atomic E-state index is 1.11. The second kappa shape index (κ2) is 29.0. The highest BCUT2D eigenvalue weighted by Gasteiger charge is 2.18. The highest BCUT2D eigenvalue weighted by Crippen LogP contribution is 2.42. The summed E-state index contributed by atoms with van der Waals surface area (Å²) in [5.74, 6) is 0. The molecule has 0 saturated heterocycles. The van der Waals surface area contributed by atoms with Gasteiger partial charge in [0.1, 0.15) is 0 Å². The zero-order valence-corrected chi connectivity index (χ0v) is 60.0. The van der Waals surface area contributed by atoms with Crippen LogP contribution in [0, 0.1) is 13.8 Å². The molecule has 0 N–H and O–H groups in total. The van der Waals surface area contributed by atoms with Gasteiger partial charge >= 0.3 is 0 Å². The van der Waals surface area contributed by atoms with E-state index < -0.39 is 0 Å². The molecule has 0 aromatic heterocycles. The van der Waals surface area contributed by atoms with Gasteiger partial charge in [0.15, 0.2) is 0 Å². The van der Waals surface area contributed by atoms with Crippen molar-refractivity contribution in [2.75, 3.05) is 0 Å². The van der Waals surface area contributed by atoms with Crippen molar-refractivity contribution >= 4 is 162 Å². The van der Waals surface area contributed by atoms with Crippen molar-refractivity contribution in [2.45, 2.75) is 20.3 Å². The molecule has 504 valence electrons. The topological polar surface area (TPSA) is 0 Å². The number of aryl methyl sites for hydroxylation is 2. The van der Waals surface area contributed by atoms with Crippen LogP contribution >= 0.6 is 0 Å². The van der Waals surface area contributed by atoms with Gasteiger partial charge in [0, 0.05) is 0 Å². The molecule has 0 nitrogen and oxygen atoms in total. The van der Waals surface area contributed by atoms with Crippen molar-refractivity contribution in [1.29, 1.82) is 0 Å². The fourth-order valence-electron chi connectivity index (χ4n) is 16.5. The molecule has 0 amide bonds. The highest BCUT2D eigenvalue weighted by molar-refractivity contribution is 6.33. The molecule has 0 heterocycles. The van der Waals surface area contributed by atoms with Gasteiger partial charge in [-0.25, -0.2) is 0 Å². The molecule has 0 bridgehead atoms. The van der Waals surface area contributed by atoms with Crippen LogP contribution in [0.2, 0.25) is 0 Å². The summed E-state index contributed by atoms with van der Waals surface area (Å²) in [4.78, 5) is 0. The maximum atomic E-state index is 2.31. The van der Waals surface area contributed by atoms with Gasteiger partial charge in [0.05, 0.1) is 0 Å². The van der Waals surface area contributed by atoms with E-state index in [0.717, 1.165) is 6.42 Å². The maximum absolute atomic E-state index is 2.31. The predicted octanol–water partition coefficient (Wildman–Crippen LogP) is 30.2. The molecular weight excluding hydrogens is 1290 g/mol. The second-order valence-corrected chi connectivity index (χ2v) is 28.2. The quantitative estimate of drug-likeness (QED) is 0.105. The van der Waals surface area contributed by atoms with Crippen molar-refractivity contribution in [3.63, 3.8) is 0 Å². The van der Waals surface area contributed by atoms with Crippen LogP contribution in [0.15, 0.2) is 413 Å². The average Bonchev–Trinajstić information content (AvgIpc) is 1.09. The van der Waals surface area contributed by atoms with Gasteiger partial charge in [-0.2, -0.15) is 0 Å². The summed E-state index contributed by atoms with van der Waals surface area (Å²) in [7, 11) is 0. The van der Waals surface area contributed by atoms with E-state index in [1.807, 2.05) is 0 Å². The maximum Gasteiger partial charge on any atom is -0.00133 e. The van der Waals surface area contributed by atoms with E-state index in [-0.39, 0.29) is 0 Å². The molecule has 107 heavy (non-hydrogen) atoms. The fraction of sp³-hybridized carbons (Fsp3) is 0.0280. The molecule has 23 aromatic carbocycles. The minimum Gasteiger partial charge on any atom is -0.0616 e. The van der Waals surface area contributed by atoms with Crippen LogP contribution in [0.1, 0.15) is 22.3 Å². The number of fused-ring (bicyclic) bond motifs is 17. The lowest BCUT2D eigenvalue weighted by molar-refractivity contribution is 1.24. The summed E-state index contributed by atoms with van der Waals surface area (Å²) in [5.41, 5.74) is 8.54. The van der Waals surface area contributed by atoms with Crippen molar-refractivity contribution in [3.05, 3.63) is 435 Å². The smallest absolute Gasteiger partial charge is 0.00133 e. The highest BCUT2D eigenvalue weighted by atomic mass is 14.2. The van der Waals surface area contributed by atoms with Crippen molar-refractivity contribution in [3.8, 4) is 11.1 Å². The number of hydrogen-bond acceptors (Lipinski definition) is 0. The summed E-state index contributed by atoms with van der Waals surface area (Å²) < 4.78 is 0.